The zero-order chi connectivity index (χ0) is 21.6. The van der Waals surface area contributed by atoms with Crippen molar-refractivity contribution in [3.63, 3.8) is 0 Å². The molecule has 1 aliphatic rings. The van der Waals surface area contributed by atoms with E-state index in [2.05, 4.69) is 61.8 Å². The number of rotatable bonds is 5. The first kappa shape index (κ1) is 21.4. The minimum atomic E-state index is -0.226. The summed E-state index contributed by atoms with van der Waals surface area (Å²) in [6.07, 6.45) is 10.7. The van der Waals surface area contributed by atoms with Gasteiger partial charge in [0.2, 0.25) is 0 Å². The van der Waals surface area contributed by atoms with Crippen molar-refractivity contribution in [2.75, 3.05) is 0 Å². The average Bonchev–Trinajstić information content (AvgIpc) is 2.83. The molecule has 0 atom stereocenters. The van der Waals surface area contributed by atoms with Gasteiger partial charge < -0.3 is 0 Å². The lowest BCUT2D eigenvalue weighted by atomic mass is 9.79. The Labute approximate surface area is 186 Å². The normalized spacial score (nSPS) is 18.4. The second kappa shape index (κ2) is 9.97. The van der Waals surface area contributed by atoms with E-state index in [9.17, 15) is 4.39 Å². The van der Waals surface area contributed by atoms with Crippen LogP contribution in [0.15, 0.2) is 67.3 Å². The zero-order valence-corrected chi connectivity index (χ0v) is 18.5. The molecule has 0 heterocycles. The first-order chi connectivity index (χ1) is 15.2. The van der Waals surface area contributed by atoms with Gasteiger partial charge in [0.05, 0.1) is 5.56 Å². The lowest BCUT2D eigenvalue weighted by Gasteiger charge is -2.26. The fraction of sp³-hybridized carbons (Fsp3) is 0.333. The van der Waals surface area contributed by atoms with E-state index < -0.39 is 0 Å². The van der Waals surface area contributed by atoms with Crippen LogP contribution in [0.2, 0.25) is 0 Å². The molecule has 0 nitrogen and oxygen atoms in total. The van der Waals surface area contributed by atoms with Crippen molar-refractivity contribution in [1.29, 1.82) is 0 Å². The standard InChI is InChI=1S/C30H31F/c1-3-22-5-7-24(8-6-22)9-10-25-11-13-26(14-12-25)15-17-27-18-19-28-21-23(4-2)16-20-29(28)30(27)31/h3,11-14,16,18-22,24H,1,4-10H2,2H3. The van der Waals surface area contributed by atoms with Gasteiger partial charge in [-0.3, -0.25) is 0 Å². The Bertz CT molecular complexity index is 1100. The molecule has 158 valence electrons. The number of benzene rings is 3. The van der Waals surface area contributed by atoms with Crippen LogP contribution in [0.4, 0.5) is 4.39 Å². The molecule has 0 spiro atoms. The predicted molar refractivity (Wildman–Crippen MR) is 130 cm³/mol. The van der Waals surface area contributed by atoms with Crippen LogP contribution < -0.4 is 0 Å². The molecule has 1 fully saturated rings. The number of hydrogen-bond acceptors (Lipinski definition) is 0. The Morgan fingerprint density at radius 2 is 1.68 bits per heavy atom. The monoisotopic (exact) mass is 410 g/mol. The van der Waals surface area contributed by atoms with Crippen molar-refractivity contribution in [1.82, 2.24) is 0 Å². The SMILES string of the molecule is C=CC1CCC(CCc2ccc(C#Cc3ccc4cc(CC)ccc4c3F)cc2)CC1. The summed E-state index contributed by atoms with van der Waals surface area (Å²) < 4.78 is 14.9. The maximum absolute atomic E-state index is 14.9. The molecule has 0 saturated heterocycles. The van der Waals surface area contributed by atoms with Crippen molar-refractivity contribution in [3.8, 4) is 11.8 Å². The largest absolute Gasteiger partial charge is 0.205 e. The quantitative estimate of drug-likeness (QED) is 0.296. The third kappa shape index (κ3) is 5.26. The molecular weight excluding hydrogens is 379 g/mol. The van der Waals surface area contributed by atoms with E-state index >= 15 is 0 Å². The van der Waals surface area contributed by atoms with Gasteiger partial charge in [-0.15, -0.1) is 6.58 Å². The van der Waals surface area contributed by atoms with Gasteiger partial charge in [-0.1, -0.05) is 61.2 Å². The smallest absolute Gasteiger partial charge is 0.146 e. The van der Waals surface area contributed by atoms with E-state index in [4.69, 9.17) is 0 Å². The van der Waals surface area contributed by atoms with Gasteiger partial charge in [-0.2, -0.15) is 0 Å². The van der Waals surface area contributed by atoms with Crippen LogP contribution >= 0.6 is 0 Å². The van der Waals surface area contributed by atoms with Crippen LogP contribution in [-0.4, -0.2) is 0 Å². The molecule has 0 aliphatic heterocycles. The minimum Gasteiger partial charge on any atom is -0.205 e. The maximum Gasteiger partial charge on any atom is 0.146 e. The Hall–Kier alpha value is -2.85. The van der Waals surface area contributed by atoms with Crippen LogP contribution in [-0.2, 0) is 12.8 Å². The Morgan fingerprint density at radius 1 is 0.935 bits per heavy atom. The van der Waals surface area contributed by atoms with E-state index in [1.807, 2.05) is 18.2 Å². The molecule has 0 unspecified atom stereocenters. The Morgan fingerprint density at radius 3 is 2.39 bits per heavy atom. The van der Waals surface area contributed by atoms with E-state index in [0.717, 1.165) is 35.6 Å². The number of hydrogen-bond donors (Lipinski definition) is 0. The molecule has 3 aromatic carbocycles. The van der Waals surface area contributed by atoms with Gasteiger partial charge in [0, 0.05) is 10.9 Å². The van der Waals surface area contributed by atoms with Crippen molar-refractivity contribution in [2.45, 2.75) is 51.9 Å². The van der Waals surface area contributed by atoms with Gasteiger partial charge in [0.25, 0.3) is 0 Å². The molecule has 0 radical (unpaired) electrons. The van der Waals surface area contributed by atoms with Crippen LogP contribution in [0.3, 0.4) is 0 Å². The third-order valence-electron chi connectivity index (χ3n) is 6.79. The second-order valence-corrected chi connectivity index (χ2v) is 8.84. The molecule has 4 rings (SSSR count). The number of halogens is 1. The Balaban J connectivity index is 1.39. The molecule has 0 aromatic heterocycles. The van der Waals surface area contributed by atoms with Gasteiger partial charge >= 0.3 is 0 Å². The van der Waals surface area contributed by atoms with Crippen LogP contribution in [0.1, 0.15) is 61.3 Å². The summed E-state index contributed by atoms with van der Waals surface area (Å²) >= 11 is 0. The minimum absolute atomic E-state index is 0.226. The summed E-state index contributed by atoms with van der Waals surface area (Å²) in [6, 6.07) is 18.1. The first-order valence-electron chi connectivity index (χ1n) is 11.6. The second-order valence-electron chi connectivity index (χ2n) is 8.84. The highest BCUT2D eigenvalue weighted by atomic mass is 19.1. The first-order valence-corrected chi connectivity index (χ1v) is 11.6. The van der Waals surface area contributed by atoms with Gasteiger partial charge in [0.1, 0.15) is 5.82 Å². The van der Waals surface area contributed by atoms with Crippen LogP contribution in [0.25, 0.3) is 10.8 Å². The molecular formula is C30H31F. The maximum atomic E-state index is 14.9. The van der Waals surface area contributed by atoms with Gasteiger partial charge in [-0.25, -0.2) is 4.39 Å². The molecule has 0 N–H and O–H groups in total. The highest BCUT2D eigenvalue weighted by molar-refractivity contribution is 5.85. The lowest BCUT2D eigenvalue weighted by molar-refractivity contribution is 0.296. The van der Waals surface area contributed by atoms with Crippen LogP contribution in [0, 0.1) is 29.5 Å². The molecule has 0 bridgehead atoms. The highest BCUT2D eigenvalue weighted by Gasteiger charge is 2.18. The molecule has 1 saturated carbocycles. The van der Waals surface area contributed by atoms with E-state index in [1.165, 1.54) is 43.2 Å². The summed E-state index contributed by atoms with van der Waals surface area (Å²) in [5.74, 6) is 7.52. The van der Waals surface area contributed by atoms with E-state index in [0.29, 0.717) is 10.9 Å². The molecule has 0 amide bonds. The number of allylic oxidation sites excluding steroid dienone is 1. The summed E-state index contributed by atoms with van der Waals surface area (Å²) in [5.41, 5.74) is 3.96. The van der Waals surface area contributed by atoms with Crippen molar-refractivity contribution < 1.29 is 4.39 Å². The highest BCUT2D eigenvalue weighted by Crippen LogP contribution is 2.32. The topological polar surface area (TPSA) is 0 Å². The van der Waals surface area contributed by atoms with Crippen LogP contribution in [0.5, 0.6) is 0 Å². The number of aryl methyl sites for hydroxylation is 2. The van der Waals surface area contributed by atoms with Gasteiger partial charge in [-0.05, 0) is 91.5 Å². The van der Waals surface area contributed by atoms with Crippen molar-refractivity contribution in [2.24, 2.45) is 11.8 Å². The summed E-state index contributed by atoms with van der Waals surface area (Å²) in [5, 5.41) is 1.58. The predicted octanol–water partition coefficient (Wildman–Crippen LogP) is 7.87. The third-order valence-corrected chi connectivity index (χ3v) is 6.79. The fourth-order valence-electron chi connectivity index (χ4n) is 4.64. The summed E-state index contributed by atoms with van der Waals surface area (Å²) in [7, 11) is 0. The molecule has 3 aromatic rings. The van der Waals surface area contributed by atoms with E-state index in [-0.39, 0.29) is 5.82 Å². The van der Waals surface area contributed by atoms with Crippen molar-refractivity contribution in [3.05, 3.63) is 95.3 Å². The summed E-state index contributed by atoms with van der Waals surface area (Å²) in [4.78, 5) is 0. The summed E-state index contributed by atoms with van der Waals surface area (Å²) in [6.45, 7) is 6.05. The molecule has 1 heteroatoms. The van der Waals surface area contributed by atoms with E-state index in [1.54, 1.807) is 6.07 Å². The van der Waals surface area contributed by atoms with Gasteiger partial charge in [0.15, 0.2) is 0 Å². The lowest BCUT2D eigenvalue weighted by Crippen LogP contribution is -2.13. The fourth-order valence-corrected chi connectivity index (χ4v) is 4.64. The molecule has 1 aliphatic carbocycles. The van der Waals surface area contributed by atoms with Crippen molar-refractivity contribution >= 4 is 10.8 Å². The zero-order valence-electron chi connectivity index (χ0n) is 18.5. The Kier molecular flexibility index (Phi) is 6.88. The molecule has 31 heavy (non-hydrogen) atoms. The number of fused-ring (bicyclic) bond motifs is 1. The average molecular weight is 411 g/mol.